The minimum Gasteiger partial charge on any atom is -0.372 e. The number of hydrogen-bond acceptors (Lipinski definition) is 4. The monoisotopic (exact) mass is 335 g/mol. The largest absolute Gasteiger partial charge is 0.372 e. The summed E-state index contributed by atoms with van der Waals surface area (Å²) < 4.78 is 35.9. The van der Waals surface area contributed by atoms with Gasteiger partial charge in [0.2, 0.25) is 0 Å². The molecule has 1 rings (SSSR count). The van der Waals surface area contributed by atoms with Crippen LogP contribution in [0.5, 0.6) is 0 Å². The van der Waals surface area contributed by atoms with E-state index in [0.717, 1.165) is 17.1 Å². The van der Waals surface area contributed by atoms with Crippen LogP contribution in [0.4, 0.5) is 0 Å². The molecule has 0 spiro atoms. The summed E-state index contributed by atoms with van der Waals surface area (Å²) in [5.74, 6) is 0.453. The lowest BCUT2D eigenvalue weighted by atomic mass is 9.66. The first-order valence-electron chi connectivity index (χ1n) is 7.97. The van der Waals surface area contributed by atoms with Gasteiger partial charge in [-0.2, -0.15) is 12.7 Å². The Morgan fingerprint density at radius 2 is 1.59 bits per heavy atom. The zero-order valence-electron chi connectivity index (χ0n) is 15.3. The van der Waals surface area contributed by atoms with E-state index in [2.05, 4.69) is 41.5 Å². The summed E-state index contributed by atoms with van der Waals surface area (Å²) >= 11 is 0. The minimum absolute atomic E-state index is 0.0110. The molecule has 0 saturated carbocycles. The Hall–Kier alpha value is -0.170. The molecule has 0 radical (unpaired) electrons. The second-order valence-electron chi connectivity index (χ2n) is 8.62. The average Bonchev–Trinajstić information content (AvgIpc) is 2.33. The summed E-state index contributed by atoms with van der Waals surface area (Å²) in [6.07, 6.45) is 1.79. The van der Waals surface area contributed by atoms with Crippen LogP contribution in [-0.4, -0.2) is 45.6 Å². The summed E-state index contributed by atoms with van der Waals surface area (Å²) in [7, 11) is -0.713. The summed E-state index contributed by atoms with van der Waals surface area (Å²) in [5, 5.41) is 0. The zero-order chi connectivity index (χ0) is 17.3. The van der Waals surface area contributed by atoms with Crippen molar-refractivity contribution in [3.8, 4) is 0 Å². The van der Waals surface area contributed by atoms with Gasteiger partial charge < -0.3 is 4.74 Å². The SMILES string of the molecule is CN(C)S(=O)(=O)OCC1CCC(C(C)(C)C)C(C(C)(C)C)O1. The van der Waals surface area contributed by atoms with Crippen molar-refractivity contribution in [1.82, 2.24) is 4.31 Å². The molecule has 1 heterocycles. The molecule has 0 N–H and O–H groups in total. The quantitative estimate of drug-likeness (QED) is 0.792. The van der Waals surface area contributed by atoms with Crippen molar-refractivity contribution in [1.29, 1.82) is 0 Å². The molecule has 3 unspecified atom stereocenters. The summed E-state index contributed by atoms with van der Waals surface area (Å²) in [5.41, 5.74) is 0.177. The molecule has 1 aliphatic heterocycles. The molecular formula is C16H33NO4S. The van der Waals surface area contributed by atoms with Crippen LogP contribution in [0.15, 0.2) is 0 Å². The van der Waals surface area contributed by atoms with Crippen LogP contribution in [0, 0.1) is 16.7 Å². The van der Waals surface area contributed by atoms with Crippen molar-refractivity contribution in [2.45, 2.75) is 66.6 Å². The van der Waals surface area contributed by atoms with E-state index >= 15 is 0 Å². The molecule has 0 aromatic rings. The standard InChI is InChI=1S/C16H33NO4S/c1-15(2,3)13-10-9-12(21-14(13)16(4,5)6)11-20-22(18,19)17(7)8/h12-14H,9-11H2,1-8H3. The molecule has 22 heavy (non-hydrogen) atoms. The summed E-state index contributed by atoms with van der Waals surface area (Å²) in [6, 6.07) is 0. The minimum atomic E-state index is -3.64. The van der Waals surface area contributed by atoms with E-state index in [-0.39, 0.29) is 29.6 Å². The van der Waals surface area contributed by atoms with Crippen molar-refractivity contribution < 1.29 is 17.3 Å². The Balaban J connectivity index is 2.77. The van der Waals surface area contributed by atoms with Gasteiger partial charge in [0.15, 0.2) is 0 Å². The van der Waals surface area contributed by atoms with Crippen molar-refractivity contribution in [3.05, 3.63) is 0 Å². The van der Waals surface area contributed by atoms with Crippen LogP contribution in [0.25, 0.3) is 0 Å². The Labute approximate surface area is 136 Å². The third kappa shape index (κ3) is 5.18. The summed E-state index contributed by atoms with van der Waals surface area (Å²) in [6.45, 7) is 13.3. The van der Waals surface area contributed by atoms with Gasteiger partial charge in [0.25, 0.3) is 0 Å². The molecule has 0 aromatic heterocycles. The Bertz CT molecular complexity index is 460. The first kappa shape index (κ1) is 19.9. The number of rotatable bonds is 4. The van der Waals surface area contributed by atoms with E-state index in [0.29, 0.717) is 5.92 Å². The smallest absolute Gasteiger partial charge is 0.337 e. The topological polar surface area (TPSA) is 55.8 Å². The molecule has 5 nitrogen and oxygen atoms in total. The van der Waals surface area contributed by atoms with Crippen molar-refractivity contribution >= 4 is 10.3 Å². The maximum Gasteiger partial charge on any atom is 0.337 e. The lowest BCUT2D eigenvalue weighted by Crippen LogP contribution is -2.49. The first-order valence-corrected chi connectivity index (χ1v) is 9.34. The molecule has 0 bridgehead atoms. The van der Waals surface area contributed by atoms with Crippen LogP contribution in [0.1, 0.15) is 54.4 Å². The maximum absolute atomic E-state index is 11.7. The Morgan fingerprint density at radius 1 is 1.05 bits per heavy atom. The third-order valence-corrected chi connectivity index (χ3v) is 5.65. The van der Waals surface area contributed by atoms with Crippen molar-refractivity contribution in [2.24, 2.45) is 16.7 Å². The maximum atomic E-state index is 11.7. The summed E-state index contributed by atoms with van der Waals surface area (Å²) in [4.78, 5) is 0. The van der Waals surface area contributed by atoms with Crippen molar-refractivity contribution in [2.75, 3.05) is 20.7 Å². The number of ether oxygens (including phenoxy) is 1. The van der Waals surface area contributed by atoms with Crippen LogP contribution in [0.3, 0.4) is 0 Å². The van der Waals surface area contributed by atoms with Gasteiger partial charge in [-0.05, 0) is 29.6 Å². The molecule has 1 aliphatic rings. The van der Waals surface area contributed by atoms with E-state index in [4.69, 9.17) is 8.92 Å². The second kappa shape index (κ2) is 6.75. The van der Waals surface area contributed by atoms with E-state index in [1.807, 2.05) is 0 Å². The van der Waals surface area contributed by atoms with E-state index in [9.17, 15) is 8.42 Å². The van der Waals surface area contributed by atoms with Crippen LogP contribution < -0.4 is 0 Å². The Morgan fingerprint density at radius 3 is 2.00 bits per heavy atom. The fraction of sp³-hybridized carbons (Fsp3) is 1.00. The van der Waals surface area contributed by atoms with Crippen LogP contribution in [0.2, 0.25) is 0 Å². The molecule has 3 atom stereocenters. The molecular weight excluding hydrogens is 302 g/mol. The van der Waals surface area contributed by atoms with E-state index in [1.165, 1.54) is 14.1 Å². The highest BCUT2D eigenvalue weighted by molar-refractivity contribution is 7.84. The normalized spacial score (nSPS) is 28.1. The molecule has 1 saturated heterocycles. The predicted molar refractivity (Wildman–Crippen MR) is 88.9 cm³/mol. The molecule has 6 heteroatoms. The van der Waals surface area contributed by atoms with Crippen LogP contribution >= 0.6 is 0 Å². The average molecular weight is 336 g/mol. The number of nitrogens with zero attached hydrogens (tertiary/aromatic N) is 1. The van der Waals surface area contributed by atoms with Gasteiger partial charge in [-0.1, -0.05) is 41.5 Å². The fourth-order valence-corrected chi connectivity index (χ4v) is 3.51. The fourth-order valence-electron chi connectivity index (χ4n) is 2.97. The van der Waals surface area contributed by atoms with Gasteiger partial charge >= 0.3 is 10.3 Å². The van der Waals surface area contributed by atoms with Gasteiger partial charge in [-0.3, -0.25) is 4.18 Å². The molecule has 1 fully saturated rings. The highest BCUT2D eigenvalue weighted by Crippen LogP contribution is 2.44. The molecule has 0 aromatic carbocycles. The van der Waals surface area contributed by atoms with Gasteiger partial charge in [0, 0.05) is 14.1 Å². The molecule has 132 valence electrons. The molecule has 0 amide bonds. The second-order valence-corrected chi connectivity index (χ2v) is 10.4. The number of hydrogen-bond donors (Lipinski definition) is 0. The lowest BCUT2D eigenvalue weighted by Gasteiger charge is -2.48. The molecule has 0 aliphatic carbocycles. The zero-order valence-corrected chi connectivity index (χ0v) is 16.2. The highest BCUT2D eigenvalue weighted by atomic mass is 32.2. The van der Waals surface area contributed by atoms with Gasteiger partial charge in [-0.25, -0.2) is 0 Å². The van der Waals surface area contributed by atoms with Gasteiger partial charge in [0.05, 0.1) is 18.8 Å². The third-order valence-electron chi connectivity index (χ3n) is 4.32. The van der Waals surface area contributed by atoms with E-state index in [1.54, 1.807) is 0 Å². The van der Waals surface area contributed by atoms with Crippen molar-refractivity contribution in [3.63, 3.8) is 0 Å². The van der Waals surface area contributed by atoms with Gasteiger partial charge in [-0.15, -0.1) is 0 Å². The Kier molecular flexibility index (Phi) is 6.10. The highest BCUT2D eigenvalue weighted by Gasteiger charge is 2.44. The van der Waals surface area contributed by atoms with Gasteiger partial charge in [0.1, 0.15) is 0 Å². The van der Waals surface area contributed by atoms with E-state index < -0.39 is 10.3 Å². The lowest BCUT2D eigenvalue weighted by molar-refractivity contribution is -0.161. The van der Waals surface area contributed by atoms with Crippen LogP contribution in [-0.2, 0) is 19.2 Å². The predicted octanol–water partition coefficient (Wildman–Crippen LogP) is 3.07. The first-order chi connectivity index (χ1) is 9.75.